The number of hydrogen-bond donors (Lipinski definition) is 2. The van der Waals surface area contributed by atoms with Gasteiger partial charge in [0.2, 0.25) is 0 Å². The van der Waals surface area contributed by atoms with E-state index < -0.39 is 11.6 Å². The highest BCUT2D eigenvalue weighted by atomic mass is 16.5. The van der Waals surface area contributed by atoms with Crippen LogP contribution in [0.3, 0.4) is 0 Å². The lowest BCUT2D eigenvalue weighted by Crippen LogP contribution is -2.32. The predicted molar refractivity (Wildman–Crippen MR) is 125 cm³/mol. The second kappa shape index (κ2) is 11.4. The van der Waals surface area contributed by atoms with E-state index in [2.05, 4.69) is 6.92 Å². The number of carboxylic acids is 1. The van der Waals surface area contributed by atoms with E-state index in [1.54, 1.807) is 0 Å². The van der Waals surface area contributed by atoms with E-state index in [4.69, 9.17) is 9.47 Å². The zero-order valence-corrected chi connectivity index (χ0v) is 19.3. The van der Waals surface area contributed by atoms with Crippen LogP contribution in [0.25, 0.3) is 0 Å². The van der Waals surface area contributed by atoms with Gasteiger partial charge in [0.05, 0.1) is 18.6 Å². The van der Waals surface area contributed by atoms with Crippen molar-refractivity contribution in [2.24, 2.45) is 5.92 Å². The van der Waals surface area contributed by atoms with E-state index >= 15 is 0 Å². The number of rotatable bonds is 13. The van der Waals surface area contributed by atoms with Gasteiger partial charge in [-0.25, -0.2) is 0 Å². The summed E-state index contributed by atoms with van der Waals surface area (Å²) in [6.07, 6.45) is 7.02. The zero-order chi connectivity index (χ0) is 23.0. The molecule has 0 aromatic heterocycles. The highest BCUT2D eigenvalue weighted by Gasteiger charge is 2.46. The molecule has 0 saturated carbocycles. The van der Waals surface area contributed by atoms with Crippen molar-refractivity contribution >= 4 is 5.97 Å². The highest BCUT2D eigenvalue weighted by Crippen LogP contribution is 2.48. The number of carbonyl (C=O) groups is 1. The first-order valence-electron chi connectivity index (χ1n) is 11.9. The van der Waals surface area contributed by atoms with Crippen LogP contribution >= 0.6 is 0 Å². The van der Waals surface area contributed by atoms with Crippen molar-refractivity contribution in [2.45, 2.75) is 77.4 Å². The van der Waals surface area contributed by atoms with Crippen LogP contribution in [-0.4, -0.2) is 22.8 Å². The van der Waals surface area contributed by atoms with Gasteiger partial charge in [0.25, 0.3) is 0 Å². The Hall–Kier alpha value is -2.53. The number of aliphatic hydroxyl groups is 1. The Morgan fingerprint density at radius 1 is 1.03 bits per heavy atom. The molecule has 0 fully saturated rings. The highest BCUT2D eigenvalue weighted by molar-refractivity contribution is 5.68. The molecule has 0 bridgehead atoms. The lowest BCUT2D eigenvalue weighted by molar-refractivity contribution is -0.141. The Labute approximate surface area is 191 Å². The second-order valence-corrected chi connectivity index (χ2v) is 8.75. The summed E-state index contributed by atoms with van der Waals surface area (Å²) in [5.74, 6) is 0.354. The summed E-state index contributed by atoms with van der Waals surface area (Å²) in [6, 6.07) is 13.6. The molecule has 2 unspecified atom stereocenters. The minimum Gasteiger partial charge on any atom is -0.494 e. The van der Waals surface area contributed by atoms with Crippen LogP contribution in [0, 0.1) is 5.92 Å². The van der Waals surface area contributed by atoms with Crippen LogP contribution in [0.15, 0.2) is 42.5 Å². The third kappa shape index (κ3) is 5.83. The molecule has 0 heterocycles. The fourth-order valence-electron chi connectivity index (χ4n) is 4.62. The molecule has 174 valence electrons. The SMILES string of the molecule is CCCCCCCOc1ccc(COc2cccc3c2CC(CC(=O)O)C3(O)CC)cc1. The molecule has 32 heavy (non-hydrogen) atoms. The van der Waals surface area contributed by atoms with E-state index in [1.165, 1.54) is 25.7 Å². The molecule has 2 atom stereocenters. The fraction of sp³-hybridized carbons (Fsp3) is 0.519. The van der Waals surface area contributed by atoms with Crippen LogP contribution < -0.4 is 9.47 Å². The summed E-state index contributed by atoms with van der Waals surface area (Å²) < 4.78 is 11.9. The van der Waals surface area contributed by atoms with Crippen molar-refractivity contribution in [1.82, 2.24) is 0 Å². The Morgan fingerprint density at radius 3 is 2.47 bits per heavy atom. The maximum Gasteiger partial charge on any atom is 0.303 e. The molecule has 0 saturated heterocycles. The summed E-state index contributed by atoms with van der Waals surface area (Å²) in [5.41, 5.74) is 1.63. The maximum atomic E-state index is 11.3. The molecule has 5 nitrogen and oxygen atoms in total. The summed E-state index contributed by atoms with van der Waals surface area (Å²) in [7, 11) is 0. The average molecular weight is 441 g/mol. The summed E-state index contributed by atoms with van der Waals surface area (Å²) in [6.45, 7) is 5.26. The number of unbranched alkanes of at least 4 members (excludes halogenated alkanes) is 4. The van der Waals surface area contributed by atoms with Gasteiger partial charge < -0.3 is 19.7 Å². The molecule has 0 radical (unpaired) electrons. The van der Waals surface area contributed by atoms with Gasteiger partial charge in [-0.3, -0.25) is 4.79 Å². The second-order valence-electron chi connectivity index (χ2n) is 8.75. The number of hydrogen-bond acceptors (Lipinski definition) is 4. The van der Waals surface area contributed by atoms with E-state index in [9.17, 15) is 15.0 Å². The van der Waals surface area contributed by atoms with Crippen molar-refractivity contribution < 1.29 is 24.5 Å². The third-order valence-electron chi connectivity index (χ3n) is 6.52. The molecule has 3 rings (SSSR count). The number of fused-ring (bicyclic) bond motifs is 1. The van der Waals surface area contributed by atoms with Gasteiger partial charge in [0, 0.05) is 11.5 Å². The van der Waals surface area contributed by atoms with Gasteiger partial charge in [-0.2, -0.15) is 0 Å². The lowest BCUT2D eigenvalue weighted by Gasteiger charge is -2.29. The molecule has 1 aliphatic carbocycles. The molecule has 2 aromatic rings. The minimum absolute atomic E-state index is 0.0570. The summed E-state index contributed by atoms with van der Waals surface area (Å²) in [4.78, 5) is 11.3. The predicted octanol–water partition coefficient (Wildman–Crippen LogP) is 5.86. The minimum atomic E-state index is -1.12. The first kappa shape index (κ1) is 24.1. The van der Waals surface area contributed by atoms with Crippen LogP contribution in [0.4, 0.5) is 0 Å². The number of ether oxygens (including phenoxy) is 2. The molecule has 0 amide bonds. The Kier molecular flexibility index (Phi) is 8.57. The van der Waals surface area contributed by atoms with Crippen molar-refractivity contribution in [3.05, 3.63) is 59.2 Å². The Morgan fingerprint density at radius 2 is 1.78 bits per heavy atom. The molecule has 1 aliphatic rings. The van der Waals surface area contributed by atoms with Gasteiger partial charge in [-0.05, 0) is 48.6 Å². The van der Waals surface area contributed by atoms with Gasteiger partial charge in [-0.1, -0.05) is 63.8 Å². The quantitative estimate of drug-likeness (QED) is 0.382. The zero-order valence-electron chi connectivity index (χ0n) is 19.3. The summed E-state index contributed by atoms with van der Waals surface area (Å²) in [5, 5.41) is 20.5. The average Bonchev–Trinajstić information content (AvgIpc) is 3.07. The first-order valence-corrected chi connectivity index (χ1v) is 11.9. The van der Waals surface area contributed by atoms with Crippen molar-refractivity contribution in [3.8, 4) is 11.5 Å². The van der Waals surface area contributed by atoms with E-state index in [1.807, 2.05) is 49.4 Å². The first-order chi connectivity index (χ1) is 15.5. The smallest absolute Gasteiger partial charge is 0.303 e. The van der Waals surface area contributed by atoms with Crippen LogP contribution in [0.5, 0.6) is 11.5 Å². The number of benzene rings is 2. The number of aliphatic carboxylic acids is 1. The van der Waals surface area contributed by atoms with Crippen molar-refractivity contribution in [1.29, 1.82) is 0 Å². The molecular weight excluding hydrogens is 404 g/mol. The molecule has 5 heteroatoms. The largest absolute Gasteiger partial charge is 0.494 e. The molecule has 2 N–H and O–H groups in total. The van der Waals surface area contributed by atoms with Gasteiger partial charge in [0.1, 0.15) is 18.1 Å². The van der Waals surface area contributed by atoms with Crippen LogP contribution in [0.2, 0.25) is 0 Å². The van der Waals surface area contributed by atoms with Gasteiger partial charge in [-0.15, -0.1) is 0 Å². The van der Waals surface area contributed by atoms with Gasteiger partial charge in [0.15, 0.2) is 0 Å². The normalized spacial score (nSPS) is 19.5. The monoisotopic (exact) mass is 440 g/mol. The standard InChI is InChI=1S/C27H36O5/c1-3-5-6-7-8-16-31-22-14-12-20(13-15-22)19-32-25-11-9-10-24-23(25)17-21(18-26(28)29)27(24,30)4-2/h9-15,21,30H,3-8,16-19H2,1-2H3,(H,28,29). The lowest BCUT2D eigenvalue weighted by atomic mass is 9.83. The molecule has 0 spiro atoms. The Bertz CT molecular complexity index is 876. The molecular formula is C27H36O5. The van der Waals surface area contributed by atoms with E-state index in [-0.39, 0.29) is 12.3 Å². The van der Waals surface area contributed by atoms with Crippen LogP contribution in [0.1, 0.15) is 75.5 Å². The van der Waals surface area contributed by atoms with Crippen molar-refractivity contribution in [3.63, 3.8) is 0 Å². The summed E-state index contributed by atoms with van der Waals surface area (Å²) >= 11 is 0. The van der Waals surface area contributed by atoms with Crippen molar-refractivity contribution in [2.75, 3.05) is 6.61 Å². The van der Waals surface area contributed by atoms with Crippen LogP contribution in [-0.2, 0) is 23.4 Å². The Balaban J connectivity index is 1.58. The van der Waals surface area contributed by atoms with E-state index in [0.717, 1.165) is 41.2 Å². The number of carboxylic acid groups (broad SMARTS) is 1. The van der Waals surface area contributed by atoms with Gasteiger partial charge >= 0.3 is 5.97 Å². The third-order valence-corrected chi connectivity index (χ3v) is 6.52. The maximum absolute atomic E-state index is 11.3. The molecule has 0 aliphatic heterocycles. The topological polar surface area (TPSA) is 76.0 Å². The molecule has 2 aromatic carbocycles. The van der Waals surface area contributed by atoms with E-state index in [0.29, 0.717) is 19.4 Å². The fourth-order valence-corrected chi connectivity index (χ4v) is 4.62.